The number of benzene rings is 1. The van der Waals surface area contributed by atoms with Crippen LogP contribution >= 0.6 is 11.3 Å². The molecule has 0 aliphatic rings. The second-order valence-corrected chi connectivity index (χ2v) is 4.88. The number of thiazole rings is 1. The summed E-state index contributed by atoms with van der Waals surface area (Å²) in [5.41, 5.74) is 2.03. The van der Waals surface area contributed by atoms with Crippen LogP contribution in [0.1, 0.15) is 29.3 Å². The number of methoxy groups -OCH3 is 1. The first-order chi connectivity index (χ1) is 8.76. The standard InChI is InChI=1S/C14H17NO2S/c1-4-17-14-10(2)15-13(18-14)12(16-3)11-8-6-5-7-9-11/h5-9,12H,4H2,1-3H3. The van der Waals surface area contributed by atoms with E-state index in [1.807, 2.05) is 44.2 Å². The molecule has 0 saturated carbocycles. The average Bonchev–Trinajstić information content (AvgIpc) is 2.74. The van der Waals surface area contributed by atoms with E-state index in [0.717, 1.165) is 21.3 Å². The van der Waals surface area contributed by atoms with Gasteiger partial charge in [0.15, 0.2) is 5.06 Å². The predicted octanol–water partition coefficient (Wildman–Crippen LogP) is 3.59. The molecule has 96 valence electrons. The van der Waals surface area contributed by atoms with Gasteiger partial charge >= 0.3 is 0 Å². The number of hydrogen-bond acceptors (Lipinski definition) is 4. The predicted molar refractivity (Wildman–Crippen MR) is 73.3 cm³/mol. The third-order valence-electron chi connectivity index (χ3n) is 2.61. The molecule has 2 aromatic rings. The molecule has 3 nitrogen and oxygen atoms in total. The van der Waals surface area contributed by atoms with Crippen LogP contribution in [-0.2, 0) is 4.74 Å². The van der Waals surface area contributed by atoms with Gasteiger partial charge in [-0.2, -0.15) is 0 Å². The quantitative estimate of drug-likeness (QED) is 0.826. The molecular weight excluding hydrogens is 246 g/mol. The fourth-order valence-corrected chi connectivity index (χ4v) is 2.87. The third kappa shape index (κ3) is 2.71. The van der Waals surface area contributed by atoms with Crippen molar-refractivity contribution in [2.75, 3.05) is 13.7 Å². The molecule has 0 aliphatic heterocycles. The van der Waals surface area contributed by atoms with E-state index in [2.05, 4.69) is 4.98 Å². The third-order valence-corrected chi connectivity index (χ3v) is 3.72. The van der Waals surface area contributed by atoms with Crippen LogP contribution in [0.15, 0.2) is 30.3 Å². The molecule has 0 fully saturated rings. The zero-order valence-corrected chi connectivity index (χ0v) is 11.7. The van der Waals surface area contributed by atoms with Crippen LogP contribution in [0.2, 0.25) is 0 Å². The normalized spacial score (nSPS) is 12.4. The van der Waals surface area contributed by atoms with Gasteiger partial charge in [-0.15, -0.1) is 0 Å². The second-order valence-electron chi connectivity index (χ2n) is 3.88. The maximum atomic E-state index is 5.56. The Labute approximate surface area is 111 Å². The highest BCUT2D eigenvalue weighted by molar-refractivity contribution is 7.13. The zero-order valence-electron chi connectivity index (χ0n) is 10.8. The fraction of sp³-hybridized carbons (Fsp3) is 0.357. The minimum absolute atomic E-state index is 0.121. The maximum absolute atomic E-state index is 5.56. The van der Waals surface area contributed by atoms with Gasteiger partial charge in [0.2, 0.25) is 0 Å². The maximum Gasteiger partial charge on any atom is 0.197 e. The van der Waals surface area contributed by atoms with Crippen molar-refractivity contribution in [1.82, 2.24) is 4.98 Å². The average molecular weight is 263 g/mol. The monoisotopic (exact) mass is 263 g/mol. The second kappa shape index (κ2) is 5.98. The molecule has 0 N–H and O–H groups in total. The van der Waals surface area contributed by atoms with Crippen LogP contribution in [-0.4, -0.2) is 18.7 Å². The first kappa shape index (κ1) is 13.1. The highest BCUT2D eigenvalue weighted by Gasteiger charge is 2.19. The molecule has 1 aromatic heterocycles. The van der Waals surface area contributed by atoms with Crippen molar-refractivity contribution < 1.29 is 9.47 Å². The van der Waals surface area contributed by atoms with Gasteiger partial charge in [0, 0.05) is 7.11 Å². The Bertz CT molecular complexity index is 496. The fourth-order valence-electron chi connectivity index (χ4n) is 1.79. The molecule has 0 radical (unpaired) electrons. The minimum Gasteiger partial charge on any atom is -0.483 e. The lowest BCUT2D eigenvalue weighted by atomic mass is 10.1. The molecule has 18 heavy (non-hydrogen) atoms. The van der Waals surface area contributed by atoms with Crippen molar-refractivity contribution in [3.63, 3.8) is 0 Å². The van der Waals surface area contributed by atoms with Gasteiger partial charge in [0.1, 0.15) is 11.1 Å². The van der Waals surface area contributed by atoms with Gasteiger partial charge in [0.05, 0.1) is 12.3 Å². The van der Waals surface area contributed by atoms with Crippen molar-refractivity contribution in [3.8, 4) is 5.06 Å². The van der Waals surface area contributed by atoms with Gasteiger partial charge in [-0.3, -0.25) is 0 Å². The number of aromatic nitrogens is 1. The van der Waals surface area contributed by atoms with E-state index in [0.29, 0.717) is 6.61 Å². The Hall–Kier alpha value is -1.39. The number of ether oxygens (including phenoxy) is 2. The van der Waals surface area contributed by atoms with E-state index in [9.17, 15) is 0 Å². The molecule has 0 aliphatic carbocycles. The first-order valence-electron chi connectivity index (χ1n) is 5.94. The van der Waals surface area contributed by atoms with Crippen molar-refractivity contribution in [2.45, 2.75) is 20.0 Å². The highest BCUT2D eigenvalue weighted by Crippen LogP contribution is 2.34. The van der Waals surface area contributed by atoms with E-state index < -0.39 is 0 Å². The highest BCUT2D eigenvalue weighted by atomic mass is 32.1. The Morgan fingerprint density at radius 2 is 2.00 bits per heavy atom. The van der Waals surface area contributed by atoms with Crippen LogP contribution < -0.4 is 4.74 Å². The minimum atomic E-state index is -0.121. The van der Waals surface area contributed by atoms with Crippen LogP contribution in [0.3, 0.4) is 0 Å². The molecule has 1 heterocycles. The largest absolute Gasteiger partial charge is 0.483 e. The molecule has 2 rings (SSSR count). The molecule has 4 heteroatoms. The molecule has 0 spiro atoms. The lowest BCUT2D eigenvalue weighted by molar-refractivity contribution is 0.136. The number of hydrogen-bond donors (Lipinski definition) is 0. The van der Waals surface area contributed by atoms with Crippen molar-refractivity contribution in [1.29, 1.82) is 0 Å². The number of aryl methyl sites for hydroxylation is 1. The van der Waals surface area contributed by atoms with Gasteiger partial charge < -0.3 is 9.47 Å². The Morgan fingerprint density at radius 1 is 1.28 bits per heavy atom. The lowest BCUT2D eigenvalue weighted by Crippen LogP contribution is -2.02. The van der Waals surface area contributed by atoms with E-state index in [-0.39, 0.29) is 6.10 Å². The lowest BCUT2D eigenvalue weighted by Gasteiger charge is -2.12. The molecule has 0 saturated heterocycles. The van der Waals surface area contributed by atoms with Crippen LogP contribution in [0.5, 0.6) is 5.06 Å². The molecule has 0 bridgehead atoms. The zero-order chi connectivity index (χ0) is 13.0. The van der Waals surface area contributed by atoms with Crippen LogP contribution in [0.4, 0.5) is 0 Å². The van der Waals surface area contributed by atoms with E-state index >= 15 is 0 Å². The summed E-state index contributed by atoms with van der Waals surface area (Å²) >= 11 is 1.55. The van der Waals surface area contributed by atoms with E-state index in [1.54, 1.807) is 18.4 Å². The molecule has 1 aromatic carbocycles. The Balaban J connectivity index is 2.31. The summed E-state index contributed by atoms with van der Waals surface area (Å²) in [4.78, 5) is 4.55. The van der Waals surface area contributed by atoms with Crippen LogP contribution in [0.25, 0.3) is 0 Å². The Kier molecular flexibility index (Phi) is 4.33. The first-order valence-corrected chi connectivity index (χ1v) is 6.75. The summed E-state index contributed by atoms with van der Waals surface area (Å²) in [5, 5.41) is 1.81. The summed E-state index contributed by atoms with van der Waals surface area (Å²) in [6.07, 6.45) is -0.121. The summed E-state index contributed by atoms with van der Waals surface area (Å²) in [6, 6.07) is 10.1. The van der Waals surface area contributed by atoms with Gasteiger partial charge in [-0.25, -0.2) is 4.98 Å². The Morgan fingerprint density at radius 3 is 2.61 bits per heavy atom. The molecule has 1 unspecified atom stereocenters. The van der Waals surface area contributed by atoms with E-state index in [1.165, 1.54) is 0 Å². The van der Waals surface area contributed by atoms with Gasteiger partial charge in [-0.1, -0.05) is 41.7 Å². The summed E-state index contributed by atoms with van der Waals surface area (Å²) in [7, 11) is 1.70. The summed E-state index contributed by atoms with van der Waals surface area (Å²) in [5.74, 6) is 0. The van der Waals surface area contributed by atoms with Crippen molar-refractivity contribution in [3.05, 3.63) is 46.6 Å². The van der Waals surface area contributed by atoms with Crippen molar-refractivity contribution >= 4 is 11.3 Å². The van der Waals surface area contributed by atoms with Gasteiger partial charge in [0.25, 0.3) is 0 Å². The summed E-state index contributed by atoms with van der Waals surface area (Å²) in [6.45, 7) is 4.60. The van der Waals surface area contributed by atoms with Gasteiger partial charge in [-0.05, 0) is 19.4 Å². The van der Waals surface area contributed by atoms with Crippen LogP contribution in [0, 0.1) is 6.92 Å². The summed E-state index contributed by atoms with van der Waals surface area (Å²) < 4.78 is 11.1. The van der Waals surface area contributed by atoms with E-state index in [4.69, 9.17) is 9.47 Å². The molecule has 0 amide bonds. The van der Waals surface area contributed by atoms with Crippen molar-refractivity contribution in [2.24, 2.45) is 0 Å². The number of nitrogens with zero attached hydrogens (tertiary/aromatic N) is 1. The smallest absolute Gasteiger partial charge is 0.197 e. The molecule has 1 atom stereocenters. The topological polar surface area (TPSA) is 31.4 Å². The molecular formula is C14H17NO2S. The SMILES string of the molecule is CCOc1sc(C(OC)c2ccccc2)nc1C. The number of rotatable bonds is 5.